The van der Waals surface area contributed by atoms with Crippen LogP contribution in [0.4, 0.5) is 5.69 Å². The summed E-state index contributed by atoms with van der Waals surface area (Å²) >= 11 is 0. The molecule has 26 heavy (non-hydrogen) atoms. The number of rotatable bonds is 5. The lowest BCUT2D eigenvalue weighted by Crippen LogP contribution is -2.13. The summed E-state index contributed by atoms with van der Waals surface area (Å²) in [6.45, 7) is 2.68. The molecule has 0 aliphatic rings. The van der Waals surface area contributed by atoms with Crippen LogP contribution in [0.1, 0.15) is 32.1 Å². The van der Waals surface area contributed by atoms with Gasteiger partial charge in [0.05, 0.1) is 12.7 Å². The zero-order valence-electron chi connectivity index (χ0n) is 14.6. The van der Waals surface area contributed by atoms with E-state index in [1.165, 1.54) is 13.2 Å². The van der Waals surface area contributed by atoms with Gasteiger partial charge in [0.25, 0.3) is 5.91 Å². The fourth-order valence-electron chi connectivity index (χ4n) is 2.57. The Kier molecular flexibility index (Phi) is 5.12. The summed E-state index contributed by atoms with van der Waals surface area (Å²) in [6.07, 6.45) is 3.70. The van der Waals surface area contributed by atoms with Gasteiger partial charge >= 0.3 is 5.97 Å². The molecule has 1 amide bonds. The predicted molar refractivity (Wildman–Crippen MR) is 98.2 cm³/mol. The minimum atomic E-state index is -0.473. The minimum Gasteiger partial charge on any atom is -0.465 e. The molecule has 2 aromatic carbocycles. The molecule has 0 aliphatic heterocycles. The Labute approximate surface area is 151 Å². The molecule has 1 aromatic heterocycles. The van der Waals surface area contributed by atoms with E-state index < -0.39 is 5.97 Å². The molecular formula is C20H19N3O3. The van der Waals surface area contributed by atoms with Crippen molar-refractivity contribution in [2.75, 3.05) is 12.4 Å². The standard InChI is InChI=1S/C20H19N3O3/c1-14-21-10-11-23(14)13-15-6-8-18(9-7-15)22-19(24)16-4-3-5-17(12-16)20(25)26-2/h3-12H,13H2,1-2H3,(H,22,24). The molecule has 0 atom stereocenters. The number of amides is 1. The van der Waals surface area contributed by atoms with Gasteiger partial charge in [-0.25, -0.2) is 9.78 Å². The number of ether oxygens (including phenoxy) is 1. The van der Waals surface area contributed by atoms with Gasteiger partial charge in [-0.2, -0.15) is 0 Å². The first kappa shape index (κ1) is 17.4. The van der Waals surface area contributed by atoms with Crippen molar-refractivity contribution in [2.45, 2.75) is 13.5 Å². The van der Waals surface area contributed by atoms with E-state index in [0.717, 1.165) is 17.9 Å². The number of aromatic nitrogens is 2. The maximum absolute atomic E-state index is 12.4. The lowest BCUT2D eigenvalue weighted by Gasteiger charge is -2.09. The number of hydrogen-bond donors (Lipinski definition) is 1. The van der Waals surface area contributed by atoms with Gasteiger partial charge in [-0.05, 0) is 42.8 Å². The highest BCUT2D eigenvalue weighted by Gasteiger charge is 2.11. The first-order valence-corrected chi connectivity index (χ1v) is 8.13. The molecule has 6 heteroatoms. The number of imidazole rings is 1. The van der Waals surface area contributed by atoms with Gasteiger partial charge in [-0.3, -0.25) is 4.79 Å². The maximum Gasteiger partial charge on any atom is 0.337 e. The van der Waals surface area contributed by atoms with Crippen LogP contribution in [-0.2, 0) is 11.3 Å². The Hall–Kier alpha value is -3.41. The van der Waals surface area contributed by atoms with Gasteiger partial charge in [0.15, 0.2) is 0 Å². The quantitative estimate of drug-likeness (QED) is 0.718. The lowest BCUT2D eigenvalue weighted by atomic mass is 10.1. The van der Waals surface area contributed by atoms with Crippen molar-refractivity contribution in [3.05, 3.63) is 83.4 Å². The molecule has 0 aliphatic carbocycles. The van der Waals surface area contributed by atoms with Gasteiger partial charge in [0.2, 0.25) is 0 Å². The van der Waals surface area contributed by atoms with E-state index in [2.05, 4.69) is 15.0 Å². The highest BCUT2D eigenvalue weighted by atomic mass is 16.5. The molecule has 0 bridgehead atoms. The van der Waals surface area contributed by atoms with Crippen molar-refractivity contribution in [1.82, 2.24) is 9.55 Å². The Bertz CT molecular complexity index is 929. The van der Waals surface area contributed by atoms with Crippen molar-refractivity contribution in [2.24, 2.45) is 0 Å². The van der Waals surface area contributed by atoms with E-state index in [4.69, 9.17) is 0 Å². The number of hydrogen-bond acceptors (Lipinski definition) is 4. The van der Waals surface area contributed by atoms with Crippen molar-refractivity contribution in [3.63, 3.8) is 0 Å². The fraction of sp³-hybridized carbons (Fsp3) is 0.150. The number of methoxy groups -OCH3 is 1. The van der Waals surface area contributed by atoms with Crippen LogP contribution in [-0.4, -0.2) is 28.5 Å². The molecule has 0 spiro atoms. The van der Waals surface area contributed by atoms with Crippen LogP contribution in [0.3, 0.4) is 0 Å². The number of nitrogens with zero attached hydrogens (tertiary/aromatic N) is 2. The molecule has 3 aromatic rings. The molecule has 0 saturated heterocycles. The highest BCUT2D eigenvalue weighted by molar-refractivity contribution is 6.05. The van der Waals surface area contributed by atoms with Crippen LogP contribution < -0.4 is 5.32 Å². The number of carbonyl (C=O) groups excluding carboxylic acids is 2. The van der Waals surface area contributed by atoms with E-state index >= 15 is 0 Å². The fourth-order valence-corrected chi connectivity index (χ4v) is 2.57. The zero-order chi connectivity index (χ0) is 18.5. The van der Waals surface area contributed by atoms with Crippen molar-refractivity contribution in [3.8, 4) is 0 Å². The third-order valence-corrected chi connectivity index (χ3v) is 4.03. The molecule has 1 heterocycles. The van der Waals surface area contributed by atoms with Crippen LogP contribution in [0.25, 0.3) is 0 Å². The summed E-state index contributed by atoms with van der Waals surface area (Å²) in [5.41, 5.74) is 2.53. The van der Waals surface area contributed by atoms with Gasteiger partial charge in [0.1, 0.15) is 5.82 Å². The van der Waals surface area contributed by atoms with Gasteiger partial charge in [0, 0.05) is 30.2 Å². The second-order valence-corrected chi connectivity index (χ2v) is 5.83. The van der Waals surface area contributed by atoms with Crippen molar-refractivity contribution >= 4 is 17.6 Å². The second kappa shape index (κ2) is 7.65. The van der Waals surface area contributed by atoms with E-state index in [-0.39, 0.29) is 5.91 Å². The lowest BCUT2D eigenvalue weighted by molar-refractivity contribution is 0.0600. The molecule has 3 rings (SSSR count). The zero-order valence-corrected chi connectivity index (χ0v) is 14.6. The number of benzene rings is 2. The van der Waals surface area contributed by atoms with E-state index in [9.17, 15) is 9.59 Å². The third kappa shape index (κ3) is 3.97. The van der Waals surface area contributed by atoms with E-state index in [1.54, 1.807) is 24.4 Å². The molecule has 0 saturated carbocycles. The predicted octanol–water partition coefficient (Wildman–Crippen LogP) is 3.28. The molecular weight excluding hydrogens is 330 g/mol. The van der Waals surface area contributed by atoms with Gasteiger partial charge in [-0.1, -0.05) is 18.2 Å². The molecule has 0 radical (unpaired) electrons. The smallest absolute Gasteiger partial charge is 0.337 e. The average molecular weight is 349 g/mol. The molecule has 132 valence electrons. The third-order valence-electron chi connectivity index (χ3n) is 4.03. The maximum atomic E-state index is 12.4. The van der Waals surface area contributed by atoms with Crippen LogP contribution in [0.2, 0.25) is 0 Å². The summed E-state index contributed by atoms with van der Waals surface area (Å²) in [5, 5.41) is 2.83. The Balaban J connectivity index is 1.68. The first-order valence-electron chi connectivity index (χ1n) is 8.13. The summed E-state index contributed by atoms with van der Waals surface area (Å²) in [7, 11) is 1.31. The Morgan fingerprint density at radius 3 is 2.50 bits per heavy atom. The second-order valence-electron chi connectivity index (χ2n) is 5.83. The van der Waals surface area contributed by atoms with Crippen LogP contribution in [0, 0.1) is 6.92 Å². The summed E-state index contributed by atoms with van der Waals surface area (Å²) in [4.78, 5) is 28.2. The van der Waals surface area contributed by atoms with Gasteiger partial charge in [-0.15, -0.1) is 0 Å². The average Bonchev–Trinajstić information content (AvgIpc) is 3.07. The Morgan fingerprint density at radius 2 is 1.85 bits per heavy atom. The first-order chi connectivity index (χ1) is 12.6. The SMILES string of the molecule is COC(=O)c1cccc(C(=O)Nc2ccc(Cn3ccnc3C)cc2)c1. The molecule has 6 nitrogen and oxygen atoms in total. The topological polar surface area (TPSA) is 73.2 Å². The number of aryl methyl sites for hydroxylation is 1. The number of nitrogens with one attached hydrogen (secondary N) is 1. The largest absolute Gasteiger partial charge is 0.465 e. The summed E-state index contributed by atoms with van der Waals surface area (Å²) < 4.78 is 6.72. The number of carbonyl (C=O) groups is 2. The van der Waals surface area contributed by atoms with Crippen LogP contribution in [0.5, 0.6) is 0 Å². The van der Waals surface area contributed by atoms with Crippen molar-refractivity contribution in [1.29, 1.82) is 0 Å². The molecule has 0 fully saturated rings. The normalized spacial score (nSPS) is 10.4. The van der Waals surface area contributed by atoms with E-state index in [0.29, 0.717) is 16.8 Å². The summed E-state index contributed by atoms with van der Waals surface area (Å²) in [5.74, 6) is 0.195. The Morgan fingerprint density at radius 1 is 1.12 bits per heavy atom. The summed E-state index contributed by atoms with van der Waals surface area (Å²) in [6, 6.07) is 14.0. The van der Waals surface area contributed by atoms with Crippen LogP contribution in [0.15, 0.2) is 60.9 Å². The van der Waals surface area contributed by atoms with E-state index in [1.807, 2.05) is 42.0 Å². The highest BCUT2D eigenvalue weighted by Crippen LogP contribution is 2.14. The number of anilines is 1. The minimum absolute atomic E-state index is 0.283. The molecule has 1 N–H and O–H groups in total. The molecule has 0 unspecified atom stereocenters. The monoisotopic (exact) mass is 349 g/mol. The number of esters is 1. The van der Waals surface area contributed by atoms with Crippen molar-refractivity contribution < 1.29 is 14.3 Å². The van der Waals surface area contributed by atoms with Gasteiger partial charge < -0.3 is 14.6 Å². The van der Waals surface area contributed by atoms with Crippen LogP contribution >= 0.6 is 0 Å².